The van der Waals surface area contributed by atoms with Crippen molar-refractivity contribution in [3.63, 3.8) is 0 Å². The fourth-order valence-electron chi connectivity index (χ4n) is 19.2. The van der Waals surface area contributed by atoms with Crippen molar-refractivity contribution in [2.75, 3.05) is 0 Å². The topological polar surface area (TPSA) is 197 Å². The van der Waals surface area contributed by atoms with Crippen molar-refractivity contribution in [1.29, 1.82) is 0 Å². The number of hydrogen-bond donors (Lipinski definition) is 0. The first-order valence-corrected chi connectivity index (χ1v) is 40.2. The second kappa shape index (κ2) is 28.7. The minimum absolute atomic E-state index is 0.00953. The number of hydrogen-bond acceptors (Lipinski definition) is 13. The maximum absolute atomic E-state index is 18.1. The number of imidazole rings is 2. The number of pyridine rings is 7. The number of nitrogens with zero attached hydrogens (tertiary/aromatic N) is 19. The van der Waals surface area contributed by atoms with Crippen LogP contribution in [0, 0.1) is 51.4 Å². The molecule has 16 aromatic rings. The lowest BCUT2D eigenvalue weighted by Crippen LogP contribution is -2.36. The first kappa shape index (κ1) is 74.3. The maximum Gasteiger partial charge on any atom is 0.219 e. The number of alkyl halides is 4. The number of aryl methyl sites for hydroxylation is 4. The lowest BCUT2D eigenvalue weighted by molar-refractivity contribution is 0.0839. The molecule has 118 heavy (non-hydrogen) atoms. The molecule has 0 spiro atoms. The molecule has 594 valence electrons. The van der Waals surface area contributed by atoms with Crippen LogP contribution in [0.1, 0.15) is 130 Å². The Labute approximate surface area is 672 Å². The quantitative estimate of drug-likeness (QED) is 0.0694. The first-order valence-electron chi connectivity index (χ1n) is 40.2. The van der Waals surface area contributed by atoms with Crippen LogP contribution in [0.25, 0.3) is 134 Å². The van der Waals surface area contributed by atoms with Gasteiger partial charge in [-0.25, -0.2) is 50.9 Å². The SMILES string of the molecule is Cc1ccc(-c2cnn(CC3(F)CCCC3c3ccnc4cc(-c5nc(C)ccc5-c5cnn(CC6(F)CCCC6n6cnc7cc(-c8nc(C)ccc8-c8cnn(CC9(F)CCCC9n9cnc%10cc(-c%11nc(C)ccc%11-c%11cnn(CC%12(F)CCCC%12)c%11F)ccc%109)c8F)cnc76)c5F)ccc34)c2)c(-c2ccc3cc(F)cnc3c2)n1. The largest absolute Gasteiger partial charge is 0.324 e. The fraction of sp³-hybridized carbons (Fsp3) is 0.308. The summed E-state index contributed by atoms with van der Waals surface area (Å²) in [6.45, 7) is 6.45. The molecule has 20 rings (SSSR count). The molecule has 4 saturated carbocycles. The standard InChI is InChI=1S/C91H79F8N19/c1-52-13-21-63(80(109-52)57-18-17-56-34-62(92)41-101-73(56)35-57)61-40-105-113(45-61)47-89(97)30-7-10-72(89)64-27-33-100-74-36-58(19-25-65(64)74)81-67(23-15-53(2)110-81)70-43-107-118(85(70)94)49-91(99)32-9-12-79(91)115-51-104-76-38-60(39-102-87(76)115)83-68(24-16-55(4)112-83)71-44-108-117(86(71)95)48-90(98)31-8-11-78(90)114-50-103-75-37-59(20-26-77(75)114)82-66(22-14-54(3)111-82)69-42-106-116(84(69)93)46-88(96)28-5-6-29-88/h13-27,33-45,50-51,72,78-79H,5-12,28-32,46-49H2,1-4H3. The predicted octanol–water partition coefficient (Wildman–Crippen LogP) is 20.6. The van der Waals surface area contributed by atoms with E-state index in [2.05, 4.69) is 20.3 Å². The van der Waals surface area contributed by atoms with Crippen LogP contribution in [0.2, 0.25) is 0 Å². The van der Waals surface area contributed by atoms with Gasteiger partial charge < -0.3 is 9.13 Å². The summed E-state index contributed by atoms with van der Waals surface area (Å²) >= 11 is 0. The molecule has 0 bridgehead atoms. The Morgan fingerprint density at radius 1 is 0.381 bits per heavy atom. The Morgan fingerprint density at radius 3 is 1.52 bits per heavy atom. The number of fused-ring (bicyclic) bond motifs is 4. The van der Waals surface area contributed by atoms with Gasteiger partial charge in [0.05, 0.1) is 143 Å². The highest BCUT2D eigenvalue weighted by Gasteiger charge is 2.49. The summed E-state index contributed by atoms with van der Waals surface area (Å²) in [5.74, 6) is -3.04. The average Bonchev–Trinajstić information content (AvgIpc) is 1.57. The summed E-state index contributed by atoms with van der Waals surface area (Å²) in [4.78, 5) is 43.0. The van der Waals surface area contributed by atoms with Crippen LogP contribution in [-0.4, -0.2) is 116 Å². The molecule has 4 fully saturated rings. The molecule has 27 heteroatoms. The van der Waals surface area contributed by atoms with Gasteiger partial charge in [-0.15, -0.1) is 0 Å². The molecule has 6 unspecified atom stereocenters. The van der Waals surface area contributed by atoms with Crippen molar-refractivity contribution >= 4 is 44.0 Å². The minimum atomic E-state index is -2.01. The van der Waals surface area contributed by atoms with E-state index in [9.17, 15) is 4.39 Å². The number of benzene rings is 3. The van der Waals surface area contributed by atoms with Gasteiger partial charge in [-0.3, -0.25) is 34.6 Å². The van der Waals surface area contributed by atoms with Gasteiger partial charge in [0, 0.05) is 108 Å². The van der Waals surface area contributed by atoms with Crippen molar-refractivity contribution in [3.8, 4) is 89.5 Å². The lowest BCUT2D eigenvalue weighted by atomic mass is 9.84. The number of aromatic nitrogens is 19. The minimum Gasteiger partial charge on any atom is -0.324 e. The van der Waals surface area contributed by atoms with E-state index in [4.69, 9.17) is 45.0 Å². The van der Waals surface area contributed by atoms with Gasteiger partial charge in [-0.2, -0.15) is 33.6 Å². The van der Waals surface area contributed by atoms with E-state index in [0.29, 0.717) is 170 Å². The summed E-state index contributed by atoms with van der Waals surface area (Å²) in [5, 5.41) is 19.4. The maximum atomic E-state index is 18.1. The zero-order valence-electron chi connectivity index (χ0n) is 65.1. The van der Waals surface area contributed by atoms with E-state index in [-0.39, 0.29) is 42.6 Å². The van der Waals surface area contributed by atoms with Crippen LogP contribution >= 0.6 is 0 Å². The van der Waals surface area contributed by atoms with Crippen LogP contribution in [0.15, 0.2) is 184 Å². The summed E-state index contributed by atoms with van der Waals surface area (Å²) in [6, 6.07) is 35.0. The zero-order chi connectivity index (χ0) is 80.7. The molecule has 0 radical (unpaired) electrons. The Kier molecular flexibility index (Phi) is 18.0. The van der Waals surface area contributed by atoms with Gasteiger partial charge in [0.1, 0.15) is 22.7 Å². The van der Waals surface area contributed by atoms with E-state index in [0.717, 1.165) is 60.2 Å². The van der Waals surface area contributed by atoms with E-state index < -0.39 is 77.4 Å². The molecule has 0 amide bonds. The molecule has 4 aliphatic carbocycles. The van der Waals surface area contributed by atoms with Crippen molar-refractivity contribution in [2.45, 2.75) is 178 Å². The van der Waals surface area contributed by atoms with Crippen molar-refractivity contribution in [3.05, 3.63) is 236 Å². The summed E-state index contributed by atoms with van der Waals surface area (Å²) in [6.07, 6.45) is 21.4. The Hall–Kier alpha value is -12.6. The zero-order valence-corrected chi connectivity index (χ0v) is 65.1. The molecule has 0 N–H and O–H groups in total. The monoisotopic (exact) mass is 1590 g/mol. The molecule has 13 heterocycles. The molecule has 0 saturated heterocycles. The van der Waals surface area contributed by atoms with Crippen LogP contribution < -0.4 is 0 Å². The first-order chi connectivity index (χ1) is 57.1. The second-order valence-corrected chi connectivity index (χ2v) is 32.8. The smallest absolute Gasteiger partial charge is 0.219 e. The molecule has 4 aliphatic rings. The fourth-order valence-corrected chi connectivity index (χ4v) is 19.2. The van der Waals surface area contributed by atoms with Crippen molar-refractivity contribution < 1.29 is 35.1 Å². The second-order valence-electron chi connectivity index (χ2n) is 32.8. The third kappa shape index (κ3) is 13.1. The highest BCUT2D eigenvalue weighted by Crippen LogP contribution is 2.52. The summed E-state index contributed by atoms with van der Waals surface area (Å²) < 4.78 is 143. The van der Waals surface area contributed by atoms with Crippen molar-refractivity contribution in [1.82, 2.24) is 93.1 Å². The van der Waals surface area contributed by atoms with Gasteiger partial charge in [-0.1, -0.05) is 67.4 Å². The molecule has 19 nitrogen and oxygen atoms in total. The van der Waals surface area contributed by atoms with Crippen molar-refractivity contribution in [2.24, 2.45) is 0 Å². The van der Waals surface area contributed by atoms with Gasteiger partial charge in [0.25, 0.3) is 0 Å². The van der Waals surface area contributed by atoms with Crippen LogP contribution in [0.4, 0.5) is 35.1 Å². The lowest BCUT2D eigenvalue weighted by Gasteiger charge is -2.29. The van der Waals surface area contributed by atoms with Crippen LogP contribution in [-0.2, 0) is 26.2 Å². The van der Waals surface area contributed by atoms with Gasteiger partial charge in [-0.05, 0) is 171 Å². The van der Waals surface area contributed by atoms with Gasteiger partial charge in [0.15, 0.2) is 17.0 Å². The Balaban J connectivity index is 0.523. The van der Waals surface area contributed by atoms with E-state index >= 15 is 30.7 Å². The van der Waals surface area contributed by atoms with E-state index in [1.54, 1.807) is 87.5 Å². The highest BCUT2D eigenvalue weighted by atomic mass is 19.2. The van der Waals surface area contributed by atoms with Gasteiger partial charge in [0.2, 0.25) is 17.8 Å². The van der Waals surface area contributed by atoms with Gasteiger partial charge >= 0.3 is 0 Å². The van der Waals surface area contributed by atoms with E-state index in [1.807, 2.05) is 107 Å². The molecule has 3 aromatic carbocycles. The Morgan fingerprint density at radius 2 is 0.890 bits per heavy atom. The third-order valence-electron chi connectivity index (χ3n) is 25.1. The average molecular weight is 1590 g/mol. The van der Waals surface area contributed by atoms with Crippen LogP contribution in [0.3, 0.4) is 0 Å². The molecule has 6 atom stereocenters. The summed E-state index contributed by atoms with van der Waals surface area (Å²) in [7, 11) is 0. The van der Waals surface area contributed by atoms with Crippen LogP contribution in [0.5, 0.6) is 0 Å². The molecule has 0 aliphatic heterocycles. The third-order valence-corrected chi connectivity index (χ3v) is 25.1. The normalized spacial score (nSPS) is 20.7. The summed E-state index contributed by atoms with van der Waals surface area (Å²) in [5.41, 5.74) is 7.69. The Bertz CT molecular complexity index is 6670. The molecular formula is C91H79F8N19. The molecule has 13 aromatic heterocycles. The number of halogens is 8. The predicted molar refractivity (Wildman–Crippen MR) is 434 cm³/mol. The highest BCUT2D eigenvalue weighted by molar-refractivity contribution is 5.92. The molecular weight excluding hydrogens is 1510 g/mol. The number of rotatable bonds is 19. The van der Waals surface area contributed by atoms with E-state index in [1.165, 1.54) is 30.9 Å².